The van der Waals surface area contributed by atoms with Gasteiger partial charge in [-0.2, -0.15) is 0 Å². The predicted molar refractivity (Wildman–Crippen MR) is 89.8 cm³/mol. The van der Waals surface area contributed by atoms with Crippen LogP contribution in [0.3, 0.4) is 0 Å². The second-order valence-electron chi connectivity index (χ2n) is 4.90. The van der Waals surface area contributed by atoms with Crippen LogP contribution >= 0.6 is 11.3 Å². The summed E-state index contributed by atoms with van der Waals surface area (Å²) in [5, 5.41) is 6.67. The summed E-state index contributed by atoms with van der Waals surface area (Å²) in [6.45, 7) is 2.13. The first-order chi connectivity index (χ1) is 10.4. The van der Waals surface area contributed by atoms with Crippen LogP contribution in [0.5, 0.6) is 0 Å². The minimum atomic E-state index is 0.128. The Morgan fingerprint density at radius 2 is 1.52 bits per heavy atom. The summed E-state index contributed by atoms with van der Waals surface area (Å²) < 4.78 is 0. The summed E-state index contributed by atoms with van der Waals surface area (Å²) >= 11 is 1.67. The van der Waals surface area contributed by atoms with Crippen molar-refractivity contribution in [2.75, 3.05) is 5.32 Å². The van der Waals surface area contributed by atoms with Crippen LogP contribution in [-0.2, 0) is 6.42 Å². The summed E-state index contributed by atoms with van der Waals surface area (Å²) in [5.74, 6) is 0. The number of aromatic nitrogens is 1. The molecule has 106 valence electrons. The second-order valence-corrected chi connectivity index (χ2v) is 5.75. The number of anilines is 1. The lowest BCUT2D eigenvalue weighted by Gasteiger charge is -2.19. The second kappa shape index (κ2) is 6.55. The van der Waals surface area contributed by atoms with Gasteiger partial charge in [0.1, 0.15) is 0 Å². The van der Waals surface area contributed by atoms with E-state index in [4.69, 9.17) is 0 Å². The first-order valence-electron chi connectivity index (χ1n) is 7.17. The molecule has 0 saturated heterocycles. The smallest absolute Gasteiger partial charge is 0.183 e. The van der Waals surface area contributed by atoms with E-state index in [1.165, 1.54) is 11.1 Å². The molecule has 0 spiro atoms. The van der Waals surface area contributed by atoms with Crippen LogP contribution in [-0.4, -0.2) is 4.98 Å². The van der Waals surface area contributed by atoms with Crippen molar-refractivity contribution in [1.82, 2.24) is 4.98 Å². The zero-order chi connectivity index (χ0) is 14.5. The van der Waals surface area contributed by atoms with Crippen LogP contribution in [0.15, 0.2) is 66.0 Å². The highest BCUT2D eigenvalue weighted by molar-refractivity contribution is 7.13. The van der Waals surface area contributed by atoms with E-state index < -0.39 is 0 Å². The number of benzene rings is 2. The summed E-state index contributed by atoms with van der Waals surface area (Å²) in [7, 11) is 0. The quantitative estimate of drug-likeness (QED) is 0.723. The fourth-order valence-corrected chi connectivity index (χ4v) is 3.13. The van der Waals surface area contributed by atoms with Gasteiger partial charge in [-0.25, -0.2) is 4.98 Å². The van der Waals surface area contributed by atoms with Crippen molar-refractivity contribution in [3.63, 3.8) is 0 Å². The average Bonchev–Trinajstić information content (AvgIpc) is 3.02. The fourth-order valence-electron chi connectivity index (χ4n) is 2.31. The van der Waals surface area contributed by atoms with E-state index >= 15 is 0 Å². The number of aryl methyl sites for hydroxylation is 1. The predicted octanol–water partition coefficient (Wildman–Crippen LogP) is 4.91. The van der Waals surface area contributed by atoms with Crippen molar-refractivity contribution in [3.8, 4) is 0 Å². The maximum atomic E-state index is 4.63. The Morgan fingerprint density at radius 3 is 2.00 bits per heavy atom. The zero-order valence-electron chi connectivity index (χ0n) is 12.0. The molecule has 3 aromatic rings. The average molecular weight is 294 g/mol. The molecular formula is C18H18N2S. The highest BCUT2D eigenvalue weighted by atomic mass is 32.1. The summed E-state index contributed by atoms with van der Waals surface area (Å²) in [5.41, 5.74) is 3.64. The van der Waals surface area contributed by atoms with Crippen LogP contribution in [0.4, 0.5) is 5.13 Å². The van der Waals surface area contributed by atoms with Gasteiger partial charge in [0.2, 0.25) is 0 Å². The van der Waals surface area contributed by atoms with Gasteiger partial charge in [-0.3, -0.25) is 0 Å². The molecule has 0 atom stereocenters. The third-order valence-electron chi connectivity index (χ3n) is 3.45. The Bertz CT molecular complexity index is 637. The van der Waals surface area contributed by atoms with Gasteiger partial charge in [0.15, 0.2) is 5.13 Å². The maximum Gasteiger partial charge on any atom is 0.183 e. The molecule has 0 radical (unpaired) electrons. The van der Waals surface area contributed by atoms with Crippen LogP contribution in [0.25, 0.3) is 0 Å². The fraction of sp³-hybridized carbons (Fsp3) is 0.167. The molecule has 0 fully saturated rings. The lowest BCUT2D eigenvalue weighted by atomic mass is 9.99. The standard InChI is InChI=1S/C18H18N2S/c1-2-16-13-21-18(19-16)20-17(14-9-5-3-6-10-14)15-11-7-4-8-12-15/h3-13,17H,2H2,1H3,(H,19,20). The topological polar surface area (TPSA) is 24.9 Å². The van der Waals surface area contributed by atoms with Crippen molar-refractivity contribution in [3.05, 3.63) is 82.9 Å². The number of hydrogen-bond donors (Lipinski definition) is 1. The van der Waals surface area contributed by atoms with E-state index in [9.17, 15) is 0 Å². The summed E-state index contributed by atoms with van der Waals surface area (Å²) in [6, 6.07) is 21.1. The van der Waals surface area contributed by atoms with Crippen LogP contribution < -0.4 is 5.32 Å². The van der Waals surface area contributed by atoms with E-state index in [0.717, 1.165) is 17.2 Å². The minimum absolute atomic E-state index is 0.128. The zero-order valence-corrected chi connectivity index (χ0v) is 12.8. The van der Waals surface area contributed by atoms with Gasteiger partial charge in [-0.05, 0) is 17.5 Å². The number of nitrogens with zero attached hydrogens (tertiary/aromatic N) is 1. The first-order valence-corrected chi connectivity index (χ1v) is 8.05. The van der Waals surface area contributed by atoms with Crippen LogP contribution in [0, 0.1) is 0 Å². The molecule has 2 aromatic carbocycles. The number of nitrogens with one attached hydrogen (secondary N) is 1. The van der Waals surface area contributed by atoms with Gasteiger partial charge < -0.3 is 5.32 Å². The Labute approximate surface area is 129 Å². The normalized spacial score (nSPS) is 10.8. The van der Waals surface area contributed by atoms with E-state index in [-0.39, 0.29) is 6.04 Å². The molecule has 0 unspecified atom stereocenters. The van der Waals surface area contributed by atoms with Gasteiger partial charge in [-0.15, -0.1) is 11.3 Å². The number of rotatable bonds is 5. The van der Waals surface area contributed by atoms with E-state index in [1.807, 2.05) is 12.1 Å². The molecule has 1 N–H and O–H groups in total. The molecule has 1 aromatic heterocycles. The molecule has 0 bridgehead atoms. The Kier molecular flexibility index (Phi) is 4.31. The highest BCUT2D eigenvalue weighted by Crippen LogP contribution is 2.28. The molecule has 0 saturated carbocycles. The Morgan fingerprint density at radius 1 is 0.952 bits per heavy atom. The number of hydrogen-bond acceptors (Lipinski definition) is 3. The third kappa shape index (κ3) is 3.31. The summed E-state index contributed by atoms with van der Waals surface area (Å²) in [6.07, 6.45) is 0.972. The van der Waals surface area contributed by atoms with Gasteiger partial charge in [0, 0.05) is 5.38 Å². The largest absolute Gasteiger partial charge is 0.351 e. The van der Waals surface area contributed by atoms with Gasteiger partial charge >= 0.3 is 0 Å². The minimum Gasteiger partial charge on any atom is -0.351 e. The van der Waals surface area contributed by atoms with Gasteiger partial charge in [-0.1, -0.05) is 67.6 Å². The molecule has 3 heteroatoms. The SMILES string of the molecule is CCc1csc(NC(c2ccccc2)c2ccccc2)n1. The maximum absolute atomic E-state index is 4.63. The summed E-state index contributed by atoms with van der Waals surface area (Å²) in [4.78, 5) is 4.63. The van der Waals surface area contributed by atoms with Crippen molar-refractivity contribution >= 4 is 16.5 Å². The number of thiazole rings is 1. The Hall–Kier alpha value is -2.13. The van der Waals surface area contributed by atoms with Crippen molar-refractivity contribution in [1.29, 1.82) is 0 Å². The Balaban J connectivity index is 1.93. The molecule has 3 rings (SSSR count). The molecule has 0 aliphatic heterocycles. The molecule has 21 heavy (non-hydrogen) atoms. The lowest BCUT2D eigenvalue weighted by Crippen LogP contribution is -2.12. The highest BCUT2D eigenvalue weighted by Gasteiger charge is 2.15. The molecule has 0 amide bonds. The molecule has 2 nitrogen and oxygen atoms in total. The van der Waals surface area contributed by atoms with E-state index in [1.54, 1.807) is 11.3 Å². The van der Waals surface area contributed by atoms with E-state index in [2.05, 4.69) is 71.1 Å². The monoisotopic (exact) mass is 294 g/mol. The van der Waals surface area contributed by atoms with Gasteiger partial charge in [0.05, 0.1) is 11.7 Å². The molecular weight excluding hydrogens is 276 g/mol. The van der Waals surface area contributed by atoms with Crippen molar-refractivity contribution in [2.24, 2.45) is 0 Å². The van der Waals surface area contributed by atoms with Crippen molar-refractivity contribution < 1.29 is 0 Å². The van der Waals surface area contributed by atoms with Crippen LogP contribution in [0.1, 0.15) is 29.8 Å². The van der Waals surface area contributed by atoms with Crippen LogP contribution in [0.2, 0.25) is 0 Å². The molecule has 0 aliphatic carbocycles. The third-order valence-corrected chi connectivity index (χ3v) is 4.27. The van der Waals surface area contributed by atoms with Crippen molar-refractivity contribution in [2.45, 2.75) is 19.4 Å². The molecule has 1 heterocycles. The van der Waals surface area contributed by atoms with E-state index in [0.29, 0.717) is 0 Å². The lowest BCUT2D eigenvalue weighted by molar-refractivity contribution is 0.929. The first kappa shape index (κ1) is 13.8. The molecule has 0 aliphatic rings. The van der Waals surface area contributed by atoms with Gasteiger partial charge in [0.25, 0.3) is 0 Å².